The lowest BCUT2D eigenvalue weighted by molar-refractivity contribution is 0.0941. The number of thiophene rings is 1. The fourth-order valence-corrected chi connectivity index (χ4v) is 4.35. The molecule has 3 nitrogen and oxygen atoms in total. The number of benzene rings is 2. The van der Waals surface area contributed by atoms with Crippen molar-refractivity contribution in [1.82, 2.24) is 5.32 Å². The Hall–Kier alpha value is -2.59. The first kappa shape index (κ1) is 16.9. The molecule has 0 spiro atoms. The van der Waals surface area contributed by atoms with Gasteiger partial charge in [0.15, 0.2) is 0 Å². The molecule has 0 saturated carbocycles. The SMILES string of the molecule is CCOc1ccc(-c2ccc(C(=O)NC3CCc4ccccc43)s2)cc1. The van der Waals surface area contributed by atoms with Crippen molar-refractivity contribution in [3.63, 3.8) is 0 Å². The molecule has 0 saturated heterocycles. The van der Waals surface area contributed by atoms with Gasteiger partial charge >= 0.3 is 0 Å². The van der Waals surface area contributed by atoms with Crippen molar-refractivity contribution in [2.45, 2.75) is 25.8 Å². The standard InChI is InChI=1S/C22H21NO2S/c1-2-25-17-10-7-16(8-11-17)20-13-14-21(26-20)22(24)23-19-12-9-15-5-3-4-6-18(15)19/h3-8,10-11,13-14,19H,2,9,12H2,1H3,(H,23,24). The van der Waals surface area contributed by atoms with E-state index in [1.807, 2.05) is 49.4 Å². The molecule has 3 aromatic rings. The van der Waals surface area contributed by atoms with E-state index in [2.05, 4.69) is 23.5 Å². The zero-order valence-electron chi connectivity index (χ0n) is 14.7. The molecule has 0 aliphatic heterocycles. The van der Waals surface area contributed by atoms with E-state index in [9.17, 15) is 4.79 Å². The van der Waals surface area contributed by atoms with Crippen LogP contribution in [0, 0.1) is 0 Å². The predicted molar refractivity (Wildman–Crippen MR) is 106 cm³/mol. The van der Waals surface area contributed by atoms with Crippen molar-refractivity contribution in [2.24, 2.45) is 0 Å². The number of rotatable bonds is 5. The number of aryl methyl sites for hydroxylation is 1. The summed E-state index contributed by atoms with van der Waals surface area (Å²) in [5.41, 5.74) is 3.70. The maximum atomic E-state index is 12.7. The maximum absolute atomic E-state index is 12.7. The molecule has 1 heterocycles. The van der Waals surface area contributed by atoms with Gasteiger partial charge in [-0.05, 0) is 72.9 Å². The molecule has 0 radical (unpaired) electrons. The van der Waals surface area contributed by atoms with Crippen LogP contribution in [0.3, 0.4) is 0 Å². The third-order valence-electron chi connectivity index (χ3n) is 4.72. The Morgan fingerprint density at radius 1 is 1.12 bits per heavy atom. The molecular weight excluding hydrogens is 342 g/mol. The predicted octanol–water partition coefficient (Wildman–Crippen LogP) is 5.23. The van der Waals surface area contributed by atoms with Crippen molar-refractivity contribution < 1.29 is 9.53 Å². The van der Waals surface area contributed by atoms with Crippen LogP contribution in [0.15, 0.2) is 60.7 Å². The Bertz CT molecular complexity index is 914. The van der Waals surface area contributed by atoms with Crippen molar-refractivity contribution in [1.29, 1.82) is 0 Å². The minimum absolute atomic E-state index is 0.00823. The van der Waals surface area contributed by atoms with Crippen LogP contribution in [-0.4, -0.2) is 12.5 Å². The molecule has 0 fully saturated rings. The van der Waals surface area contributed by atoms with Crippen molar-refractivity contribution in [3.05, 3.63) is 76.7 Å². The first-order chi connectivity index (χ1) is 12.7. The lowest BCUT2D eigenvalue weighted by atomic mass is 10.1. The summed E-state index contributed by atoms with van der Waals surface area (Å²) in [6.07, 6.45) is 2.01. The normalized spacial score (nSPS) is 15.5. The molecule has 4 rings (SSSR count). The Balaban J connectivity index is 1.47. The molecule has 1 aliphatic rings. The van der Waals surface area contributed by atoms with Gasteiger partial charge in [-0.15, -0.1) is 11.3 Å². The smallest absolute Gasteiger partial charge is 0.261 e. The molecule has 132 valence electrons. The average Bonchev–Trinajstić information content (AvgIpc) is 3.31. The van der Waals surface area contributed by atoms with Crippen molar-refractivity contribution in [3.8, 4) is 16.2 Å². The monoisotopic (exact) mass is 363 g/mol. The topological polar surface area (TPSA) is 38.3 Å². The van der Waals surface area contributed by atoms with Gasteiger partial charge in [-0.1, -0.05) is 24.3 Å². The van der Waals surface area contributed by atoms with E-state index in [1.54, 1.807) is 0 Å². The first-order valence-corrected chi connectivity index (χ1v) is 9.78. The number of hydrogen-bond donors (Lipinski definition) is 1. The van der Waals surface area contributed by atoms with Crippen LogP contribution < -0.4 is 10.1 Å². The number of hydrogen-bond acceptors (Lipinski definition) is 3. The third-order valence-corrected chi connectivity index (χ3v) is 5.85. The van der Waals surface area contributed by atoms with E-state index in [0.29, 0.717) is 6.61 Å². The molecular formula is C22H21NO2S. The summed E-state index contributed by atoms with van der Waals surface area (Å²) < 4.78 is 5.48. The molecule has 1 atom stereocenters. The highest BCUT2D eigenvalue weighted by Crippen LogP contribution is 2.33. The molecule has 26 heavy (non-hydrogen) atoms. The minimum atomic E-state index is 0.00823. The van der Waals surface area contributed by atoms with E-state index in [4.69, 9.17) is 4.74 Å². The van der Waals surface area contributed by atoms with E-state index >= 15 is 0 Å². The Kier molecular flexibility index (Phi) is 4.76. The molecule has 1 amide bonds. The highest BCUT2D eigenvalue weighted by molar-refractivity contribution is 7.17. The minimum Gasteiger partial charge on any atom is -0.494 e. The van der Waals surface area contributed by atoms with Crippen molar-refractivity contribution in [2.75, 3.05) is 6.61 Å². The van der Waals surface area contributed by atoms with E-state index in [1.165, 1.54) is 22.5 Å². The summed E-state index contributed by atoms with van der Waals surface area (Å²) in [5, 5.41) is 3.19. The van der Waals surface area contributed by atoms with Gasteiger partial charge in [-0.3, -0.25) is 4.79 Å². The van der Waals surface area contributed by atoms with Gasteiger partial charge in [0.25, 0.3) is 5.91 Å². The molecule has 0 bridgehead atoms. The Morgan fingerprint density at radius 2 is 1.92 bits per heavy atom. The summed E-state index contributed by atoms with van der Waals surface area (Å²) in [6.45, 7) is 2.63. The van der Waals surface area contributed by atoms with Crippen LogP contribution in [0.2, 0.25) is 0 Å². The molecule has 4 heteroatoms. The van der Waals surface area contributed by atoms with Gasteiger partial charge in [-0.2, -0.15) is 0 Å². The molecule has 2 aromatic carbocycles. The van der Waals surface area contributed by atoms with Crippen LogP contribution in [0.5, 0.6) is 5.75 Å². The van der Waals surface area contributed by atoms with Crippen LogP contribution in [0.25, 0.3) is 10.4 Å². The van der Waals surface area contributed by atoms with Gasteiger partial charge < -0.3 is 10.1 Å². The van der Waals surface area contributed by atoms with Gasteiger partial charge in [-0.25, -0.2) is 0 Å². The average molecular weight is 363 g/mol. The van der Waals surface area contributed by atoms with Crippen LogP contribution in [0.1, 0.15) is 40.2 Å². The van der Waals surface area contributed by atoms with Crippen LogP contribution >= 0.6 is 11.3 Å². The zero-order chi connectivity index (χ0) is 17.9. The van der Waals surface area contributed by atoms with Crippen LogP contribution in [0.4, 0.5) is 0 Å². The summed E-state index contributed by atoms with van der Waals surface area (Å²) in [7, 11) is 0. The highest BCUT2D eigenvalue weighted by atomic mass is 32.1. The fraction of sp³-hybridized carbons (Fsp3) is 0.227. The van der Waals surface area contributed by atoms with Gasteiger partial charge in [0.1, 0.15) is 5.75 Å². The third kappa shape index (κ3) is 3.37. The molecule has 1 aromatic heterocycles. The lowest BCUT2D eigenvalue weighted by Gasteiger charge is -2.13. The quantitative estimate of drug-likeness (QED) is 0.674. The van der Waals surface area contributed by atoms with E-state index in [-0.39, 0.29) is 11.9 Å². The first-order valence-electron chi connectivity index (χ1n) is 8.96. The van der Waals surface area contributed by atoms with Gasteiger partial charge in [0.05, 0.1) is 17.5 Å². The number of amides is 1. The van der Waals surface area contributed by atoms with Crippen molar-refractivity contribution >= 4 is 17.2 Å². The summed E-state index contributed by atoms with van der Waals surface area (Å²) in [5.74, 6) is 0.875. The number of carbonyl (C=O) groups excluding carboxylic acids is 1. The molecule has 1 aliphatic carbocycles. The number of fused-ring (bicyclic) bond motifs is 1. The number of nitrogens with one attached hydrogen (secondary N) is 1. The Labute approximate surface area is 157 Å². The second kappa shape index (κ2) is 7.34. The summed E-state index contributed by atoms with van der Waals surface area (Å²) in [4.78, 5) is 14.5. The zero-order valence-corrected chi connectivity index (χ0v) is 15.5. The second-order valence-electron chi connectivity index (χ2n) is 6.38. The summed E-state index contributed by atoms with van der Waals surface area (Å²) in [6, 6.07) is 20.4. The largest absolute Gasteiger partial charge is 0.494 e. The molecule has 1 N–H and O–H groups in total. The van der Waals surface area contributed by atoms with E-state index in [0.717, 1.165) is 33.9 Å². The van der Waals surface area contributed by atoms with E-state index < -0.39 is 0 Å². The Morgan fingerprint density at radius 3 is 2.73 bits per heavy atom. The number of ether oxygens (including phenoxy) is 1. The van der Waals surface area contributed by atoms with Crippen LogP contribution in [-0.2, 0) is 6.42 Å². The fourth-order valence-electron chi connectivity index (χ4n) is 3.43. The lowest BCUT2D eigenvalue weighted by Crippen LogP contribution is -2.26. The molecule has 1 unspecified atom stereocenters. The van der Waals surface area contributed by atoms with Gasteiger partial charge in [0.2, 0.25) is 0 Å². The maximum Gasteiger partial charge on any atom is 0.261 e. The highest BCUT2D eigenvalue weighted by Gasteiger charge is 2.24. The number of carbonyl (C=O) groups is 1. The van der Waals surface area contributed by atoms with Gasteiger partial charge in [0, 0.05) is 4.88 Å². The summed E-state index contributed by atoms with van der Waals surface area (Å²) >= 11 is 1.53. The second-order valence-corrected chi connectivity index (χ2v) is 7.47.